The minimum absolute atomic E-state index is 0.0707. The zero-order valence-corrected chi connectivity index (χ0v) is 10.9. The highest BCUT2D eigenvalue weighted by atomic mass is 16.3. The fourth-order valence-electron chi connectivity index (χ4n) is 2.88. The molecule has 1 saturated carbocycles. The molecular formula is C13H22N2O3. The largest absolute Gasteiger partial charge is 0.394 e. The van der Waals surface area contributed by atoms with Crippen molar-refractivity contribution in [2.24, 2.45) is 5.92 Å². The van der Waals surface area contributed by atoms with Crippen molar-refractivity contribution in [3.8, 4) is 0 Å². The lowest BCUT2D eigenvalue weighted by atomic mass is 10.1. The van der Waals surface area contributed by atoms with E-state index in [2.05, 4.69) is 5.32 Å². The van der Waals surface area contributed by atoms with E-state index in [0.717, 1.165) is 12.8 Å². The molecule has 2 rings (SSSR count). The van der Waals surface area contributed by atoms with Gasteiger partial charge in [-0.1, -0.05) is 12.8 Å². The Kier molecular flexibility index (Phi) is 4.22. The van der Waals surface area contributed by atoms with Crippen LogP contribution in [0.1, 0.15) is 39.0 Å². The number of hydrogen-bond donors (Lipinski definition) is 2. The third kappa shape index (κ3) is 2.83. The van der Waals surface area contributed by atoms with E-state index >= 15 is 0 Å². The smallest absolute Gasteiger partial charge is 0.225 e. The number of carbonyl (C=O) groups is 2. The Morgan fingerprint density at radius 2 is 2.17 bits per heavy atom. The molecule has 1 aliphatic carbocycles. The maximum Gasteiger partial charge on any atom is 0.225 e. The first kappa shape index (κ1) is 13.3. The Balaban J connectivity index is 1.89. The minimum Gasteiger partial charge on any atom is -0.394 e. The van der Waals surface area contributed by atoms with E-state index in [9.17, 15) is 9.59 Å². The summed E-state index contributed by atoms with van der Waals surface area (Å²) >= 11 is 0. The van der Waals surface area contributed by atoms with Crippen molar-refractivity contribution in [2.75, 3.05) is 13.2 Å². The Morgan fingerprint density at radius 1 is 1.50 bits per heavy atom. The van der Waals surface area contributed by atoms with Gasteiger partial charge >= 0.3 is 0 Å². The second kappa shape index (κ2) is 5.69. The third-order valence-electron chi connectivity index (χ3n) is 3.96. The summed E-state index contributed by atoms with van der Waals surface area (Å²) in [6, 6.07) is 0.110. The summed E-state index contributed by atoms with van der Waals surface area (Å²) < 4.78 is 0. The van der Waals surface area contributed by atoms with Crippen LogP contribution < -0.4 is 5.32 Å². The molecule has 0 aromatic heterocycles. The zero-order valence-electron chi connectivity index (χ0n) is 10.9. The average Bonchev–Trinajstić information content (AvgIpc) is 2.97. The maximum absolute atomic E-state index is 11.9. The third-order valence-corrected chi connectivity index (χ3v) is 3.96. The summed E-state index contributed by atoms with van der Waals surface area (Å²) in [6.07, 6.45) is 4.85. The molecule has 2 N–H and O–H groups in total. The monoisotopic (exact) mass is 254 g/mol. The van der Waals surface area contributed by atoms with Crippen LogP contribution in [0.15, 0.2) is 0 Å². The van der Waals surface area contributed by atoms with Crippen molar-refractivity contribution >= 4 is 11.8 Å². The van der Waals surface area contributed by atoms with Gasteiger partial charge in [0.1, 0.15) is 0 Å². The number of aliphatic hydroxyl groups is 1. The van der Waals surface area contributed by atoms with Gasteiger partial charge in [-0.05, 0) is 19.8 Å². The van der Waals surface area contributed by atoms with E-state index in [0.29, 0.717) is 19.0 Å². The summed E-state index contributed by atoms with van der Waals surface area (Å²) in [5.74, 6) is -0.240. The number of aliphatic hydroxyl groups excluding tert-OH is 1. The molecular weight excluding hydrogens is 232 g/mol. The zero-order chi connectivity index (χ0) is 13.1. The molecule has 1 unspecified atom stereocenters. The first-order valence-corrected chi connectivity index (χ1v) is 6.82. The van der Waals surface area contributed by atoms with E-state index in [-0.39, 0.29) is 30.4 Å². The van der Waals surface area contributed by atoms with Gasteiger partial charge in [-0.2, -0.15) is 0 Å². The van der Waals surface area contributed by atoms with Crippen LogP contribution in [0.3, 0.4) is 0 Å². The van der Waals surface area contributed by atoms with Gasteiger partial charge in [-0.15, -0.1) is 0 Å². The lowest BCUT2D eigenvalue weighted by Crippen LogP contribution is -2.41. The molecule has 0 aromatic rings. The van der Waals surface area contributed by atoms with Gasteiger partial charge in [0.05, 0.1) is 12.5 Å². The first-order valence-electron chi connectivity index (χ1n) is 6.82. The molecule has 1 aliphatic heterocycles. The predicted molar refractivity (Wildman–Crippen MR) is 66.8 cm³/mol. The molecule has 0 radical (unpaired) electrons. The Labute approximate surface area is 108 Å². The molecule has 2 aliphatic rings. The van der Waals surface area contributed by atoms with Gasteiger partial charge in [-0.25, -0.2) is 0 Å². The first-order chi connectivity index (χ1) is 8.61. The minimum atomic E-state index is -0.243. The molecule has 2 atom stereocenters. The van der Waals surface area contributed by atoms with Gasteiger partial charge in [0.15, 0.2) is 0 Å². The topological polar surface area (TPSA) is 69.6 Å². The average molecular weight is 254 g/mol. The van der Waals surface area contributed by atoms with E-state index in [1.807, 2.05) is 4.90 Å². The molecule has 0 aromatic carbocycles. The van der Waals surface area contributed by atoms with Crippen LogP contribution in [0, 0.1) is 5.92 Å². The summed E-state index contributed by atoms with van der Waals surface area (Å²) in [4.78, 5) is 25.7. The highest BCUT2D eigenvalue weighted by Gasteiger charge is 2.38. The van der Waals surface area contributed by atoms with Crippen LogP contribution in [-0.2, 0) is 9.59 Å². The Morgan fingerprint density at radius 3 is 2.78 bits per heavy atom. The van der Waals surface area contributed by atoms with Crippen LogP contribution in [0.5, 0.6) is 0 Å². The molecule has 5 nitrogen and oxygen atoms in total. The van der Waals surface area contributed by atoms with Crippen molar-refractivity contribution < 1.29 is 14.7 Å². The second-order valence-corrected chi connectivity index (χ2v) is 5.48. The highest BCUT2D eigenvalue weighted by Crippen LogP contribution is 2.29. The highest BCUT2D eigenvalue weighted by molar-refractivity contribution is 5.89. The molecule has 2 amide bonds. The number of nitrogens with one attached hydrogen (secondary N) is 1. The molecule has 102 valence electrons. The molecule has 1 heterocycles. The van der Waals surface area contributed by atoms with E-state index in [1.165, 1.54) is 12.8 Å². The van der Waals surface area contributed by atoms with Crippen molar-refractivity contribution in [3.63, 3.8) is 0 Å². The maximum atomic E-state index is 11.9. The molecule has 1 saturated heterocycles. The Hall–Kier alpha value is -1.10. The summed E-state index contributed by atoms with van der Waals surface area (Å²) in [6.45, 7) is 2.23. The van der Waals surface area contributed by atoms with Crippen molar-refractivity contribution in [3.05, 3.63) is 0 Å². The van der Waals surface area contributed by atoms with Gasteiger partial charge in [0, 0.05) is 25.0 Å². The van der Waals surface area contributed by atoms with Crippen LogP contribution in [0.2, 0.25) is 0 Å². The second-order valence-electron chi connectivity index (χ2n) is 5.48. The lowest BCUT2D eigenvalue weighted by Gasteiger charge is -2.24. The number of hydrogen-bond acceptors (Lipinski definition) is 3. The van der Waals surface area contributed by atoms with E-state index in [4.69, 9.17) is 5.11 Å². The van der Waals surface area contributed by atoms with Crippen molar-refractivity contribution in [1.29, 1.82) is 0 Å². The van der Waals surface area contributed by atoms with Crippen molar-refractivity contribution in [2.45, 2.75) is 51.1 Å². The fourth-order valence-corrected chi connectivity index (χ4v) is 2.88. The van der Waals surface area contributed by atoms with E-state index < -0.39 is 0 Å². The molecule has 2 fully saturated rings. The predicted octanol–water partition coefficient (Wildman–Crippen LogP) is 0.274. The SMILES string of the molecule is C[C@H](CO)NC(=O)C1CC(=O)N(C2CCCC2)C1. The summed E-state index contributed by atoms with van der Waals surface area (Å²) in [7, 11) is 0. The van der Waals surface area contributed by atoms with Crippen LogP contribution in [-0.4, -0.2) is 47.1 Å². The van der Waals surface area contributed by atoms with Crippen molar-refractivity contribution in [1.82, 2.24) is 10.2 Å². The summed E-state index contributed by atoms with van der Waals surface area (Å²) in [5.41, 5.74) is 0. The van der Waals surface area contributed by atoms with Crippen LogP contribution in [0.4, 0.5) is 0 Å². The number of nitrogens with zero attached hydrogens (tertiary/aromatic N) is 1. The fraction of sp³-hybridized carbons (Fsp3) is 0.846. The van der Waals surface area contributed by atoms with Gasteiger partial charge in [0.25, 0.3) is 0 Å². The number of likely N-dealkylation sites (tertiary alicyclic amines) is 1. The number of amides is 2. The lowest BCUT2D eigenvalue weighted by molar-refractivity contribution is -0.130. The standard InChI is InChI=1S/C13H22N2O3/c1-9(8-16)14-13(18)10-6-12(17)15(7-10)11-4-2-3-5-11/h9-11,16H,2-8H2,1H3,(H,14,18)/t9-,10?/m1/s1. The van der Waals surface area contributed by atoms with Crippen LogP contribution in [0.25, 0.3) is 0 Å². The molecule has 0 spiro atoms. The molecule has 5 heteroatoms. The van der Waals surface area contributed by atoms with E-state index in [1.54, 1.807) is 6.92 Å². The molecule has 18 heavy (non-hydrogen) atoms. The van der Waals surface area contributed by atoms with Gasteiger partial charge in [0.2, 0.25) is 11.8 Å². The Bertz CT molecular complexity index is 326. The molecule has 0 bridgehead atoms. The normalized spacial score (nSPS) is 26.7. The van der Waals surface area contributed by atoms with Gasteiger partial charge < -0.3 is 15.3 Å². The number of carbonyl (C=O) groups excluding carboxylic acids is 2. The van der Waals surface area contributed by atoms with Crippen LogP contribution >= 0.6 is 0 Å². The van der Waals surface area contributed by atoms with Gasteiger partial charge in [-0.3, -0.25) is 9.59 Å². The quantitative estimate of drug-likeness (QED) is 0.757. The summed E-state index contributed by atoms with van der Waals surface area (Å²) in [5, 5.41) is 11.6. The number of rotatable bonds is 4.